The Balaban J connectivity index is 2.34. The molecule has 1 fully saturated rings. The molecular formula is C14H17F3N2O4. The first kappa shape index (κ1) is 17.3. The Morgan fingerprint density at radius 3 is 2.43 bits per heavy atom. The zero-order valence-electron chi connectivity index (χ0n) is 12.9. The Labute approximate surface area is 130 Å². The van der Waals surface area contributed by atoms with Gasteiger partial charge in [-0.3, -0.25) is 9.59 Å². The van der Waals surface area contributed by atoms with Gasteiger partial charge in [0, 0.05) is 19.0 Å². The summed E-state index contributed by atoms with van der Waals surface area (Å²) in [7, 11) is 0. The highest BCUT2D eigenvalue weighted by Gasteiger charge is 2.64. The summed E-state index contributed by atoms with van der Waals surface area (Å²) in [6, 6.07) is 0. The number of carboxylic acids is 1. The fourth-order valence-corrected chi connectivity index (χ4v) is 2.71. The van der Waals surface area contributed by atoms with Crippen LogP contribution >= 0.6 is 0 Å². The second-order valence-electron chi connectivity index (χ2n) is 6.02. The molecule has 2 rings (SSSR count). The fraction of sp³-hybridized carbons (Fsp3) is 0.643. The quantitative estimate of drug-likeness (QED) is 0.918. The average Bonchev–Trinajstić information content (AvgIpc) is 3.01. The predicted molar refractivity (Wildman–Crippen MR) is 72.0 cm³/mol. The van der Waals surface area contributed by atoms with Crippen molar-refractivity contribution < 1.29 is 32.4 Å². The van der Waals surface area contributed by atoms with E-state index in [4.69, 9.17) is 9.63 Å². The summed E-state index contributed by atoms with van der Waals surface area (Å²) in [5.74, 6) is -2.54. The van der Waals surface area contributed by atoms with E-state index in [1.807, 2.05) is 0 Å². The summed E-state index contributed by atoms with van der Waals surface area (Å²) >= 11 is 0. The second-order valence-corrected chi connectivity index (χ2v) is 6.02. The van der Waals surface area contributed by atoms with Crippen molar-refractivity contribution >= 4 is 11.9 Å². The lowest BCUT2D eigenvalue weighted by molar-refractivity contribution is -0.227. The molecule has 128 valence electrons. The van der Waals surface area contributed by atoms with E-state index in [0.29, 0.717) is 0 Å². The molecule has 9 heteroatoms. The first-order valence-electron chi connectivity index (χ1n) is 7.07. The van der Waals surface area contributed by atoms with E-state index in [1.54, 1.807) is 13.8 Å². The monoisotopic (exact) mass is 334 g/mol. The molecule has 0 aliphatic carbocycles. The smallest absolute Gasteiger partial charge is 0.406 e. The van der Waals surface area contributed by atoms with Crippen LogP contribution in [0.3, 0.4) is 0 Å². The normalized spacial score (nSPS) is 22.0. The topological polar surface area (TPSA) is 83.6 Å². The molecule has 23 heavy (non-hydrogen) atoms. The van der Waals surface area contributed by atoms with E-state index in [-0.39, 0.29) is 29.5 Å². The van der Waals surface area contributed by atoms with Gasteiger partial charge < -0.3 is 14.5 Å². The number of hydrogen-bond acceptors (Lipinski definition) is 4. The zero-order valence-corrected chi connectivity index (χ0v) is 12.9. The molecule has 6 nitrogen and oxygen atoms in total. The summed E-state index contributed by atoms with van der Waals surface area (Å²) in [4.78, 5) is 24.6. The number of carbonyl (C=O) groups is 2. The number of hydrogen-bond donors (Lipinski definition) is 1. The predicted octanol–water partition coefficient (Wildman–Crippen LogP) is 2.59. The molecular weight excluding hydrogens is 317 g/mol. The lowest BCUT2D eigenvalue weighted by Gasteiger charge is -2.27. The van der Waals surface area contributed by atoms with Gasteiger partial charge in [-0.1, -0.05) is 19.0 Å². The van der Waals surface area contributed by atoms with Crippen molar-refractivity contribution in [2.45, 2.75) is 39.3 Å². The highest BCUT2D eigenvalue weighted by Crippen LogP contribution is 2.46. The minimum atomic E-state index is -4.93. The summed E-state index contributed by atoms with van der Waals surface area (Å²) in [6.07, 6.45) is -5.60. The summed E-state index contributed by atoms with van der Waals surface area (Å²) < 4.78 is 44.6. The van der Waals surface area contributed by atoms with Crippen LogP contribution in [-0.4, -0.2) is 46.3 Å². The summed E-state index contributed by atoms with van der Waals surface area (Å²) in [5.41, 5.74) is -2.53. The molecule has 2 heterocycles. The SMILES string of the molecule is Cc1noc(C(C)C)c1C(=O)N1CCC(C(=O)O)(C(F)(F)F)C1. The maximum atomic E-state index is 13.2. The van der Waals surface area contributed by atoms with Crippen LogP contribution in [0.25, 0.3) is 0 Å². The molecule has 0 radical (unpaired) electrons. The largest absolute Gasteiger partial charge is 0.481 e. The highest BCUT2D eigenvalue weighted by molar-refractivity contribution is 5.97. The number of nitrogens with zero attached hydrogens (tertiary/aromatic N) is 2. The molecule has 0 spiro atoms. The third-order valence-electron chi connectivity index (χ3n) is 4.14. The Morgan fingerprint density at radius 1 is 1.39 bits per heavy atom. The number of aliphatic carboxylic acids is 1. The number of aromatic nitrogens is 1. The van der Waals surface area contributed by atoms with Crippen LogP contribution in [0, 0.1) is 12.3 Å². The molecule has 1 atom stereocenters. The van der Waals surface area contributed by atoms with Crippen LogP contribution in [0.1, 0.15) is 48.0 Å². The Bertz CT molecular complexity index is 638. The molecule has 0 saturated carbocycles. The maximum Gasteiger partial charge on any atom is 0.406 e. The zero-order chi connectivity index (χ0) is 17.6. The fourth-order valence-electron chi connectivity index (χ4n) is 2.71. The van der Waals surface area contributed by atoms with Crippen molar-refractivity contribution in [3.8, 4) is 0 Å². The number of carboxylic acid groups (broad SMARTS) is 1. The number of amides is 1. The van der Waals surface area contributed by atoms with Crippen LogP contribution in [0.4, 0.5) is 13.2 Å². The number of halogens is 3. The van der Waals surface area contributed by atoms with Crippen molar-refractivity contribution in [3.05, 3.63) is 17.0 Å². The Kier molecular flexibility index (Phi) is 4.16. The van der Waals surface area contributed by atoms with Gasteiger partial charge in [-0.15, -0.1) is 0 Å². The Hall–Kier alpha value is -2.06. The van der Waals surface area contributed by atoms with Gasteiger partial charge >= 0.3 is 12.1 Å². The summed E-state index contributed by atoms with van der Waals surface area (Å²) in [5, 5.41) is 12.7. The number of rotatable bonds is 3. The molecule has 0 aromatic carbocycles. The van der Waals surface area contributed by atoms with Crippen molar-refractivity contribution in [1.82, 2.24) is 10.1 Å². The summed E-state index contributed by atoms with van der Waals surface area (Å²) in [6.45, 7) is 3.85. The van der Waals surface area contributed by atoms with E-state index in [9.17, 15) is 22.8 Å². The first-order chi connectivity index (χ1) is 10.5. The van der Waals surface area contributed by atoms with E-state index in [0.717, 1.165) is 4.90 Å². The van der Waals surface area contributed by atoms with Crippen LogP contribution in [0.2, 0.25) is 0 Å². The third kappa shape index (κ3) is 2.68. The molecule has 1 aromatic rings. The number of carbonyl (C=O) groups excluding carboxylic acids is 1. The second kappa shape index (κ2) is 5.54. The van der Waals surface area contributed by atoms with Crippen molar-refractivity contribution in [3.63, 3.8) is 0 Å². The molecule has 1 aliphatic heterocycles. The van der Waals surface area contributed by atoms with Gasteiger partial charge in [0.1, 0.15) is 5.56 Å². The minimum Gasteiger partial charge on any atom is -0.481 e. The van der Waals surface area contributed by atoms with Crippen molar-refractivity contribution in [1.29, 1.82) is 0 Å². The third-order valence-corrected chi connectivity index (χ3v) is 4.14. The van der Waals surface area contributed by atoms with Gasteiger partial charge in [-0.2, -0.15) is 13.2 Å². The molecule has 0 bridgehead atoms. The van der Waals surface area contributed by atoms with E-state index < -0.39 is 36.4 Å². The molecule has 1 saturated heterocycles. The van der Waals surface area contributed by atoms with Crippen LogP contribution in [-0.2, 0) is 4.79 Å². The van der Waals surface area contributed by atoms with Crippen LogP contribution in [0.15, 0.2) is 4.52 Å². The van der Waals surface area contributed by atoms with E-state index in [2.05, 4.69) is 5.16 Å². The molecule has 1 unspecified atom stereocenters. The standard InChI is InChI=1S/C14H17F3N2O4/c1-7(2)10-9(8(3)18-23-10)11(20)19-5-4-13(6-19,12(21)22)14(15,16)17/h7H,4-6H2,1-3H3,(H,21,22). The lowest BCUT2D eigenvalue weighted by atomic mass is 9.86. The van der Waals surface area contributed by atoms with Crippen molar-refractivity contribution in [2.24, 2.45) is 5.41 Å². The maximum absolute atomic E-state index is 13.2. The van der Waals surface area contributed by atoms with E-state index >= 15 is 0 Å². The van der Waals surface area contributed by atoms with Gasteiger partial charge in [0.05, 0.1) is 5.69 Å². The molecule has 1 N–H and O–H groups in total. The van der Waals surface area contributed by atoms with Gasteiger partial charge in [0.25, 0.3) is 5.91 Å². The Morgan fingerprint density at radius 2 is 2.00 bits per heavy atom. The first-order valence-corrected chi connectivity index (χ1v) is 7.07. The van der Waals surface area contributed by atoms with Crippen LogP contribution < -0.4 is 0 Å². The van der Waals surface area contributed by atoms with Gasteiger partial charge in [0.15, 0.2) is 11.2 Å². The molecule has 1 aliphatic rings. The number of alkyl halides is 3. The number of likely N-dealkylation sites (tertiary alicyclic amines) is 1. The van der Waals surface area contributed by atoms with Gasteiger partial charge in [-0.25, -0.2) is 0 Å². The van der Waals surface area contributed by atoms with Gasteiger partial charge in [-0.05, 0) is 13.3 Å². The van der Waals surface area contributed by atoms with Crippen molar-refractivity contribution in [2.75, 3.05) is 13.1 Å². The van der Waals surface area contributed by atoms with Crippen LogP contribution in [0.5, 0.6) is 0 Å². The molecule has 1 aromatic heterocycles. The average molecular weight is 334 g/mol. The lowest BCUT2D eigenvalue weighted by Crippen LogP contribution is -2.47. The van der Waals surface area contributed by atoms with Gasteiger partial charge in [0.2, 0.25) is 0 Å². The molecule has 1 amide bonds. The van der Waals surface area contributed by atoms with E-state index in [1.165, 1.54) is 6.92 Å². The minimum absolute atomic E-state index is 0.114. The number of aryl methyl sites for hydroxylation is 1. The highest BCUT2D eigenvalue weighted by atomic mass is 19.4.